The first-order valence-corrected chi connectivity index (χ1v) is 9.06. The minimum Gasteiger partial charge on any atom is -0.312 e. The third-order valence-corrected chi connectivity index (χ3v) is 5.18. The molecule has 1 N–H and O–H groups in total. The predicted molar refractivity (Wildman–Crippen MR) is 87.5 cm³/mol. The van der Waals surface area contributed by atoms with Gasteiger partial charge in [0.15, 0.2) is 9.84 Å². The fourth-order valence-corrected chi connectivity index (χ4v) is 3.57. The van der Waals surface area contributed by atoms with Gasteiger partial charge in [-0.05, 0) is 18.1 Å². The first kappa shape index (κ1) is 16.7. The molecule has 2 aromatic rings. The molecule has 0 fully saturated rings. The van der Waals surface area contributed by atoms with Gasteiger partial charge in [0.2, 0.25) is 0 Å². The Labute approximate surface area is 132 Å². The van der Waals surface area contributed by atoms with E-state index in [1.165, 1.54) is 0 Å². The highest BCUT2D eigenvalue weighted by Crippen LogP contribution is 2.17. The molecule has 0 aliphatic carbocycles. The molecule has 0 aliphatic heterocycles. The predicted octanol–water partition coefficient (Wildman–Crippen LogP) is 2.11. The lowest BCUT2D eigenvalue weighted by molar-refractivity contribution is 0.590. The molecule has 1 heterocycles. The van der Waals surface area contributed by atoms with Crippen LogP contribution in [0.2, 0.25) is 0 Å². The Bertz CT molecular complexity index is 706. The molecule has 1 aromatic carbocycles. The van der Waals surface area contributed by atoms with Crippen molar-refractivity contribution in [2.45, 2.75) is 31.2 Å². The molecule has 6 heteroatoms. The van der Waals surface area contributed by atoms with Gasteiger partial charge in [-0.25, -0.2) is 8.42 Å². The quantitative estimate of drug-likeness (QED) is 0.793. The molecule has 22 heavy (non-hydrogen) atoms. The molecule has 2 rings (SSSR count). The number of aryl methyl sites for hydroxylation is 1. The van der Waals surface area contributed by atoms with Crippen LogP contribution in [0, 0.1) is 0 Å². The lowest BCUT2D eigenvalue weighted by Crippen LogP contribution is -2.23. The zero-order valence-electron chi connectivity index (χ0n) is 13.3. The third kappa shape index (κ3) is 4.18. The highest BCUT2D eigenvalue weighted by Gasteiger charge is 2.14. The van der Waals surface area contributed by atoms with Crippen LogP contribution in [0.4, 0.5) is 0 Å². The van der Waals surface area contributed by atoms with Gasteiger partial charge in [0.1, 0.15) is 0 Å². The summed E-state index contributed by atoms with van der Waals surface area (Å²) in [6.07, 6.45) is 1.98. The van der Waals surface area contributed by atoms with Crippen molar-refractivity contribution in [3.8, 4) is 0 Å². The van der Waals surface area contributed by atoms with E-state index in [4.69, 9.17) is 0 Å². The van der Waals surface area contributed by atoms with Gasteiger partial charge in [-0.15, -0.1) is 0 Å². The van der Waals surface area contributed by atoms with E-state index >= 15 is 0 Å². The normalized spacial score (nSPS) is 12.0. The molecule has 0 spiro atoms. The molecular weight excluding hydrogens is 298 g/mol. The minimum absolute atomic E-state index is 0.0916. The van der Waals surface area contributed by atoms with E-state index in [1.54, 1.807) is 28.9 Å². The van der Waals surface area contributed by atoms with Crippen LogP contribution in [0.1, 0.15) is 31.0 Å². The van der Waals surface area contributed by atoms with Crippen molar-refractivity contribution in [1.82, 2.24) is 15.1 Å². The molecule has 0 atom stereocenters. The topological polar surface area (TPSA) is 64.0 Å². The number of sulfone groups is 1. The monoisotopic (exact) mass is 321 g/mol. The molecule has 0 radical (unpaired) electrons. The first-order valence-electron chi connectivity index (χ1n) is 7.41. The third-order valence-electron chi connectivity index (χ3n) is 3.45. The summed E-state index contributed by atoms with van der Waals surface area (Å²) in [6.45, 7) is 5.26. The molecule has 0 saturated heterocycles. The molecular formula is C16H23N3O2S. The summed E-state index contributed by atoms with van der Waals surface area (Å²) in [5.41, 5.74) is 2.18. The van der Waals surface area contributed by atoms with E-state index in [2.05, 4.69) is 24.3 Å². The highest BCUT2D eigenvalue weighted by molar-refractivity contribution is 7.91. The fraction of sp³-hybridized carbons (Fsp3) is 0.438. The van der Waals surface area contributed by atoms with Gasteiger partial charge >= 0.3 is 0 Å². The fourth-order valence-electron chi connectivity index (χ4n) is 2.35. The van der Waals surface area contributed by atoms with Crippen molar-refractivity contribution in [3.63, 3.8) is 0 Å². The minimum atomic E-state index is -3.22. The second-order valence-corrected chi connectivity index (χ2v) is 7.79. The molecule has 1 aromatic heterocycles. The molecule has 0 aliphatic rings. The van der Waals surface area contributed by atoms with Crippen LogP contribution in [0.5, 0.6) is 0 Å². The molecule has 0 amide bonds. The molecule has 120 valence electrons. The Morgan fingerprint density at radius 1 is 1.23 bits per heavy atom. The molecule has 5 nitrogen and oxygen atoms in total. The van der Waals surface area contributed by atoms with Crippen LogP contribution in [0.25, 0.3) is 0 Å². The zero-order valence-corrected chi connectivity index (χ0v) is 14.1. The lowest BCUT2D eigenvalue weighted by atomic mass is 10.1. The van der Waals surface area contributed by atoms with Crippen LogP contribution in [0.3, 0.4) is 0 Å². The van der Waals surface area contributed by atoms with Crippen molar-refractivity contribution in [2.75, 3.05) is 12.3 Å². The number of hydrogen-bond acceptors (Lipinski definition) is 4. The van der Waals surface area contributed by atoms with E-state index in [-0.39, 0.29) is 5.75 Å². The summed E-state index contributed by atoms with van der Waals surface area (Å²) < 4.78 is 26.1. The van der Waals surface area contributed by atoms with Crippen molar-refractivity contribution in [2.24, 2.45) is 7.05 Å². The SMILES string of the molecule is CC(C)c1nn(C)cc1CNCCS(=O)(=O)c1ccccc1. The number of nitrogens with zero attached hydrogens (tertiary/aromatic N) is 2. The number of benzene rings is 1. The Morgan fingerprint density at radius 3 is 2.55 bits per heavy atom. The number of aromatic nitrogens is 2. The van der Waals surface area contributed by atoms with Crippen molar-refractivity contribution in [1.29, 1.82) is 0 Å². The van der Waals surface area contributed by atoms with Crippen LogP contribution in [0.15, 0.2) is 41.4 Å². The van der Waals surface area contributed by atoms with Crippen LogP contribution in [-0.4, -0.2) is 30.5 Å². The van der Waals surface area contributed by atoms with Crippen molar-refractivity contribution < 1.29 is 8.42 Å². The molecule has 0 saturated carbocycles. The largest absolute Gasteiger partial charge is 0.312 e. The Kier molecular flexibility index (Phi) is 5.37. The Morgan fingerprint density at radius 2 is 1.91 bits per heavy atom. The van der Waals surface area contributed by atoms with E-state index in [9.17, 15) is 8.42 Å². The van der Waals surface area contributed by atoms with Gasteiger partial charge in [0, 0.05) is 31.9 Å². The molecule has 0 bridgehead atoms. The van der Waals surface area contributed by atoms with Gasteiger partial charge in [0.05, 0.1) is 16.3 Å². The number of hydrogen-bond donors (Lipinski definition) is 1. The maximum atomic E-state index is 12.2. The summed E-state index contributed by atoms with van der Waals surface area (Å²) in [5, 5.41) is 7.65. The number of nitrogens with one attached hydrogen (secondary N) is 1. The average molecular weight is 321 g/mol. The summed E-state index contributed by atoms with van der Waals surface area (Å²) in [6, 6.07) is 8.56. The standard InChI is InChI=1S/C16H23N3O2S/c1-13(2)16-14(12-19(3)18-16)11-17-9-10-22(20,21)15-7-5-4-6-8-15/h4-8,12-13,17H,9-11H2,1-3H3. The summed E-state index contributed by atoms with van der Waals surface area (Å²) in [7, 11) is -1.32. The first-order chi connectivity index (χ1) is 10.4. The van der Waals surface area contributed by atoms with Crippen LogP contribution in [-0.2, 0) is 23.4 Å². The van der Waals surface area contributed by atoms with Gasteiger partial charge in [0.25, 0.3) is 0 Å². The Hall–Kier alpha value is -1.66. The Balaban J connectivity index is 1.90. The second-order valence-electron chi connectivity index (χ2n) is 5.68. The van der Waals surface area contributed by atoms with Gasteiger partial charge in [-0.2, -0.15) is 5.10 Å². The van der Waals surface area contributed by atoms with E-state index in [0.717, 1.165) is 11.3 Å². The van der Waals surface area contributed by atoms with E-state index in [0.29, 0.717) is 23.9 Å². The smallest absolute Gasteiger partial charge is 0.179 e. The van der Waals surface area contributed by atoms with Crippen LogP contribution >= 0.6 is 0 Å². The second kappa shape index (κ2) is 7.07. The van der Waals surface area contributed by atoms with Crippen molar-refractivity contribution in [3.05, 3.63) is 47.8 Å². The number of rotatable bonds is 7. The zero-order chi connectivity index (χ0) is 16.2. The maximum absolute atomic E-state index is 12.2. The average Bonchev–Trinajstić information content (AvgIpc) is 2.86. The van der Waals surface area contributed by atoms with Gasteiger partial charge < -0.3 is 5.32 Å². The molecule has 0 unspecified atom stereocenters. The lowest BCUT2D eigenvalue weighted by Gasteiger charge is -2.08. The summed E-state index contributed by atoms with van der Waals surface area (Å²) in [5.74, 6) is 0.444. The van der Waals surface area contributed by atoms with Crippen LogP contribution < -0.4 is 5.32 Å². The van der Waals surface area contributed by atoms with Gasteiger partial charge in [-0.1, -0.05) is 32.0 Å². The maximum Gasteiger partial charge on any atom is 0.179 e. The van der Waals surface area contributed by atoms with Crippen molar-refractivity contribution >= 4 is 9.84 Å². The summed E-state index contributed by atoms with van der Waals surface area (Å²) >= 11 is 0. The van der Waals surface area contributed by atoms with E-state index < -0.39 is 9.84 Å². The summed E-state index contributed by atoms with van der Waals surface area (Å²) in [4.78, 5) is 0.376. The highest BCUT2D eigenvalue weighted by atomic mass is 32.2. The van der Waals surface area contributed by atoms with Gasteiger partial charge in [-0.3, -0.25) is 4.68 Å². The van der Waals surface area contributed by atoms with E-state index in [1.807, 2.05) is 19.3 Å².